The predicted molar refractivity (Wildman–Crippen MR) is 62.4 cm³/mol. The van der Waals surface area contributed by atoms with Crippen LogP contribution >= 0.6 is 0 Å². The van der Waals surface area contributed by atoms with E-state index in [2.05, 4.69) is 6.58 Å². The second kappa shape index (κ2) is 3.42. The van der Waals surface area contributed by atoms with E-state index in [-0.39, 0.29) is 5.88 Å². The zero-order chi connectivity index (χ0) is 11.9. The molecule has 1 aliphatic rings. The number of nitriles is 1. The third-order valence-electron chi connectivity index (χ3n) is 2.80. The molecule has 2 N–H and O–H groups in total. The molecule has 1 aromatic rings. The van der Waals surface area contributed by atoms with E-state index in [0.29, 0.717) is 16.9 Å². The van der Waals surface area contributed by atoms with E-state index in [9.17, 15) is 0 Å². The van der Waals surface area contributed by atoms with E-state index < -0.39 is 0 Å². The van der Waals surface area contributed by atoms with Crippen molar-refractivity contribution in [2.75, 3.05) is 0 Å². The Morgan fingerprint density at radius 3 is 2.56 bits per heavy atom. The molecule has 1 aromatic carbocycles. The number of fused-ring (bicyclic) bond motifs is 1. The summed E-state index contributed by atoms with van der Waals surface area (Å²) in [6, 6.07) is 5.89. The van der Waals surface area contributed by atoms with Crippen molar-refractivity contribution in [1.82, 2.24) is 0 Å². The minimum absolute atomic E-state index is 0.128. The molecule has 16 heavy (non-hydrogen) atoms. The molecule has 80 valence electrons. The molecule has 1 aliphatic heterocycles. The van der Waals surface area contributed by atoms with Gasteiger partial charge in [0.25, 0.3) is 0 Å². The van der Waals surface area contributed by atoms with Crippen molar-refractivity contribution in [3.63, 3.8) is 0 Å². The number of aryl methyl sites for hydroxylation is 2. The average molecular weight is 212 g/mol. The van der Waals surface area contributed by atoms with E-state index in [4.69, 9.17) is 15.7 Å². The molecule has 3 heteroatoms. The summed E-state index contributed by atoms with van der Waals surface area (Å²) in [5.74, 6) is 0.799. The largest absolute Gasteiger partial charge is 0.440 e. The number of ether oxygens (including phenoxy) is 1. The van der Waals surface area contributed by atoms with Gasteiger partial charge in [-0.05, 0) is 37.1 Å². The predicted octanol–water partition coefficient (Wildman–Crippen LogP) is 2.40. The SMILES string of the molecule is C=C1C(C#N)=C(N)Oc2cc(C)c(C)cc21. The van der Waals surface area contributed by atoms with Crippen molar-refractivity contribution in [2.45, 2.75) is 13.8 Å². The number of benzene rings is 1. The van der Waals surface area contributed by atoms with Crippen molar-refractivity contribution in [3.8, 4) is 11.8 Å². The highest BCUT2D eigenvalue weighted by atomic mass is 16.5. The Balaban J connectivity index is 2.65. The maximum atomic E-state index is 8.95. The highest BCUT2D eigenvalue weighted by Crippen LogP contribution is 2.37. The first-order valence-electron chi connectivity index (χ1n) is 4.93. The van der Waals surface area contributed by atoms with Crippen LogP contribution < -0.4 is 10.5 Å². The zero-order valence-electron chi connectivity index (χ0n) is 9.29. The first kappa shape index (κ1) is 10.3. The monoisotopic (exact) mass is 212 g/mol. The van der Waals surface area contributed by atoms with E-state index in [1.54, 1.807) is 0 Å². The number of allylic oxidation sites excluding steroid dienone is 2. The molecule has 0 unspecified atom stereocenters. The van der Waals surface area contributed by atoms with Crippen LogP contribution in [0.25, 0.3) is 5.57 Å². The molecule has 0 saturated heterocycles. The highest BCUT2D eigenvalue weighted by Gasteiger charge is 2.22. The van der Waals surface area contributed by atoms with Crippen LogP contribution in [0.4, 0.5) is 0 Å². The van der Waals surface area contributed by atoms with Crippen molar-refractivity contribution in [1.29, 1.82) is 5.26 Å². The Bertz CT molecular complexity index is 562. The minimum Gasteiger partial charge on any atom is -0.440 e. The minimum atomic E-state index is 0.128. The molecule has 0 spiro atoms. The van der Waals surface area contributed by atoms with Crippen molar-refractivity contribution >= 4 is 5.57 Å². The maximum Gasteiger partial charge on any atom is 0.209 e. The van der Waals surface area contributed by atoms with Crippen LogP contribution in [0.1, 0.15) is 16.7 Å². The van der Waals surface area contributed by atoms with Crippen LogP contribution in [0.5, 0.6) is 5.75 Å². The molecule has 0 fully saturated rings. The summed E-state index contributed by atoms with van der Waals surface area (Å²) in [5, 5.41) is 8.95. The van der Waals surface area contributed by atoms with Gasteiger partial charge in [0.15, 0.2) is 0 Å². The van der Waals surface area contributed by atoms with E-state index in [1.165, 1.54) is 0 Å². The lowest BCUT2D eigenvalue weighted by molar-refractivity contribution is 0.411. The van der Waals surface area contributed by atoms with E-state index in [1.807, 2.05) is 32.0 Å². The van der Waals surface area contributed by atoms with Crippen LogP contribution in [0.15, 0.2) is 30.2 Å². The van der Waals surface area contributed by atoms with Gasteiger partial charge in [-0.2, -0.15) is 5.26 Å². The van der Waals surface area contributed by atoms with Crippen LogP contribution in [-0.4, -0.2) is 0 Å². The smallest absolute Gasteiger partial charge is 0.209 e. The molecule has 0 radical (unpaired) electrons. The fourth-order valence-corrected chi connectivity index (χ4v) is 1.69. The Morgan fingerprint density at radius 1 is 1.31 bits per heavy atom. The van der Waals surface area contributed by atoms with E-state index >= 15 is 0 Å². The molecule has 0 bridgehead atoms. The Morgan fingerprint density at radius 2 is 1.94 bits per heavy atom. The second-order valence-electron chi connectivity index (χ2n) is 3.86. The lowest BCUT2D eigenvalue weighted by Gasteiger charge is -2.20. The molecule has 0 aliphatic carbocycles. The van der Waals surface area contributed by atoms with Crippen LogP contribution in [0.3, 0.4) is 0 Å². The normalized spacial score (nSPS) is 14.2. The summed E-state index contributed by atoms with van der Waals surface area (Å²) in [7, 11) is 0. The lowest BCUT2D eigenvalue weighted by atomic mass is 9.94. The number of hydrogen-bond donors (Lipinski definition) is 1. The Labute approximate surface area is 94.4 Å². The molecule has 3 nitrogen and oxygen atoms in total. The summed E-state index contributed by atoms with van der Waals surface area (Å²) in [5.41, 5.74) is 9.71. The third-order valence-corrected chi connectivity index (χ3v) is 2.80. The molecule has 1 heterocycles. The van der Waals surface area contributed by atoms with Gasteiger partial charge in [-0.1, -0.05) is 6.58 Å². The number of rotatable bonds is 0. The van der Waals surface area contributed by atoms with Gasteiger partial charge in [0, 0.05) is 11.1 Å². The average Bonchev–Trinajstić information content (AvgIpc) is 2.22. The molecule has 0 amide bonds. The van der Waals surface area contributed by atoms with Gasteiger partial charge in [-0.3, -0.25) is 0 Å². The van der Waals surface area contributed by atoms with Crippen LogP contribution in [0, 0.1) is 25.2 Å². The summed E-state index contributed by atoms with van der Waals surface area (Å²) < 4.78 is 5.42. The highest BCUT2D eigenvalue weighted by molar-refractivity contribution is 5.86. The topological polar surface area (TPSA) is 59.0 Å². The molecular formula is C13H12N2O. The molecule has 0 atom stereocenters. The number of nitrogens with zero attached hydrogens (tertiary/aromatic N) is 1. The van der Waals surface area contributed by atoms with Gasteiger partial charge in [-0.25, -0.2) is 0 Å². The summed E-state index contributed by atoms with van der Waals surface area (Å²) in [6.07, 6.45) is 0. The standard InChI is InChI=1S/C13H12N2O/c1-7-4-10-9(3)11(6-14)13(15)16-12(10)5-8(7)2/h4-5H,3,15H2,1-2H3. The Hall–Kier alpha value is -2.21. The van der Waals surface area contributed by atoms with Crippen molar-refractivity contribution in [2.24, 2.45) is 5.73 Å². The van der Waals surface area contributed by atoms with Gasteiger partial charge in [0.05, 0.1) is 0 Å². The molecule has 2 rings (SSSR count). The van der Waals surface area contributed by atoms with Gasteiger partial charge in [-0.15, -0.1) is 0 Å². The quantitative estimate of drug-likeness (QED) is 0.718. The van der Waals surface area contributed by atoms with E-state index in [0.717, 1.165) is 16.7 Å². The third kappa shape index (κ3) is 1.36. The van der Waals surface area contributed by atoms with Crippen LogP contribution in [-0.2, 0) is 0 Å². The summed E-state index contributed by atoms with van der Waals surface area (Å²) in [4.78, 5) is 0. The molecule has 0 aromatic heterocycles. The maximum absolute atomic E-state index is 8.95. The first-order valence-corrected chi connectivity index (χ1v) is 4.93. The second-order valence-corrected chi connectivity index (χ2v) is 3.86. The summed E-state index contributed by atoms with van der Waals surface area (Å²) >= 11 is 0. The van der Waals surface area contributed by atoms with Gasteiger partial charge < -0.3 is 10.5 Å². The fraction of sp³-hybridized carbons (Fsp3) is 0.154. The van der Waals surface area contributed by atoms with Gasteiger partial charge in [0.1, 0.15) is 17.4 Å². The van der Waals surface area contributed by atoms with Gasteiger partial charge >= 0.3 is 0 Å². The number of nitrogens with two attached hydrogens (primary N) is 1. The summed E-state index contributed by atoms with van der Waals surface area (Å²) in [6.45, 7) is 7.90. The van der Waals surface area contributed by atoms with Gasteiger partial charge in [0.2, 0.25) is 5.88 Å². The van der Waals surface area contributed by atoms with Crippen molar-refractivity contribution < 1.29 is 4.74 Å². The molecular weight excluding hydrogens is 200 g/mol. The first-order chi connectivity index (χ1) is 7.54. The van der Waals surface area contributed by atoms with Crippen molar-refractivity contribution in [3.05, 3.63) is 46.9 Å². The lowest BCUT2D eigenvalue weighted by Crippen LogP contribution is -2.15. The van der Waals surface area contributed by atoms with Crippen LogP contribution in [0.2, 0.25) is 0 Å². The Kier molecular flexibility index (Phi) is 2.21. The zero-order valence-corrected chi connectivity index (χ0v) is 9.29. The number of hydrogen-bond acceptors (Lipinski definition) is 3. The molecule has 0 saturated carbocycles. The fourth-order valence-electron chi connectivity index (χ4n) is 1.69.